The third-order valence-electron chi connectivity index (χ3n) is 4.89. The van der Waals surface area contributed by atoms with Crippen LogP contribution in [-0.2, 0) is 4.79 Å². The average molecular weight is 377 g/mol. The molecule has 0 radical (unpaired) electrons. The van der Waals surface area contributed by atoms with Crippen LogP contribution in [0.25, 0.3) is 0 Å². The molecule has 1 heterocycles. The van der Waals surface area contributed by atoms with E-state index >= 15 is 0 Å². The summed E-state index contributed by atoms with van der Waals surface area (Å²) in [5.41, 5.74) is 3.39. The van der Waals surface area contributed by atoms with Crippen molar-refractivity contribution in [3.8, 4) is 0 Å². The lowest BCUT2D eigenvalue weighted by Crippen LogP contribution is -2.40. The molecular formula is C23H24N2OS. The van der Waals surface area contributed by atoms with E-state index in [1.807, 2.05) is 30.3 Å². The zero-order valence-electron chi connectivity index (χ0n) is 15.4. The van der Waals surface area contributed by atoms with Crippen molar-refractivity contribution < 1.29 is 4.79 Å². The minimum absolute atomic E-state index is 0.0271. The summed E-state index contributed by atoms with van der Waals surface area (Å²) in [6.07, 6.45) is 2.17. The van der Waals surface area contributed by atoms with Gasteiger partial charge in [-0.3, -0.25) is 10.1 Å². The van der Waals surface area contributed by atoms with E-state index in [0.717, 1.165) is 18.4 Å². The van der Waals surface area contributed by atoms with Crippen molar-refractivity contribution in [3.63, 3.8) is 0 Å². The molecule has 3 nitrogen and oxygen atoms in total. The summed E-state index contributed by atoms with van der Waals surface area (Å²) in [4.78, 5) is 14.2. The first-order valence-electron chi connectivity index (χ1n) is 9.42. The lowest BCUT2D eigenvalue weighted by atomic mass is 9.99. The van der Waals surface area contributed by atoms with Crippen LogP contribution in [0.4, 0.5) is 0 Å². The second kappa shape index (κ2) is 8.07. The molecule has 138 valence electrons. The summed E-state index contributed by atoms with van der Waals surface area (Å²) >= 11 is 1.71. The van der Waals surface area contributed by atoms with E-state index in [1.165, 1.54) is 16.0 Å². The number of benzene rings is 2. The second-order valence-corrected chi connectivity index (χ2v) is 8.13. The minimum atomic E-state index is -0.389. The van der Waals surface area contributed by atoms with E-state index in [2.05, 4.69) is 59.3 Å². The van der Waals surface area contributed by atoms with Crippen LogP contribution in [0.1, 0.15) is 46.5 Å². The fourth-order valence-electron chi connectivity index (χ4n) is 3.20. The molecule has 2 N–H and O–H groups in total. The van der Waals surface area contributed by atoms with Crippen molar-refractivity contribution in [2.75, 3.05) is 0 Å². The number of amides is 1. The number of aryl methyl sites for hydroxylation is 1. The molecular weight excluding hydrogens is 352 g/mol. The molecule has 2 atom stereocenters. The highest BCUT2D eigenvalue weighted by Crippen LogP contribution is 2.30. The first kappa shape index (κ1) is 18.0. The highest BCUT2D eigenvalue weighted by Gasteiger charge is 2.30. The van der Waals surface area contributed by atoms with Crippen LogP contribution >= 0.6 is 11.3 Å². The number of hydrogen-bond acceptors (Lipinski definition) is 3. The van der Waals surface area contributed by atoms with Gasteiger partial charge in [0.05, 0.1) is 6.04 Å². The van der Waals surface area contributed by atoms with E-state index < -0.39 is 0 Å². The lowest BCUT2D eigenvalue weighted by molar-refractivity contribution is -0.123. The van der Waals surface area contributed by atoms with Gasteiger partial charge in [0.2, 0.25) is 5.91 Å². The van der Waals surface area contributed by atoms with Crippen LogP contribution in [0, 0.1) is 6.92 Å². The smallest absolute Gasteiger partial charge is 0.241 e. The van der Waals surface area contributed by atoms with Gasteiger partial charge in [0.15, 0.2) is 0 Å². The number of carbonyl (C=O) groups is 1. The first-order chi connectivity index (χ1) is 13.2. The minimum Gasteiger partial charge on any atom is -0.352 e. The molecule has 0 spiro atoms. The summed E-state index contributed by atoms with van der Waals surface area (Å²) in [5, 5.41) is 8.89. The van der Waals surface area contributed by atoms with Gasteiger partial charge in [-0.05, 0) is 42.3 Å². The lowest BCUT2D eigenvalue weighted by Gasteiger charge is -2.26. The highest BCUT2D eigenvalue weighted by molar-refractivity contribution is 7.10. The Balaban J connectivity index is 1.66. The van der Waals surface area contributed by atoms with Crippen LogP contribution in [0.5, 0.6) is 0 Å². The second-order valence-electron chi connectivity index (χ2n) is 7.15. The van der Waals surface area contributed by atoms with Gasteiger partial charge in [0.25, 0.3) is 0 Å². The summed E-state index contributed by atoms with van der Waals surface area (Å²) < 4.78 is 0. The fourth-order valence-corrected chi connectivity index (χ4v) is 4.02. The van der Waals surface area contributed by atoms with Gasteiger partial charge in [-0.25, -0.2) is 0 Å². The Morgan fingerprint density at radius 3 is 2.33 bits per heavy atom. The molecule has 1 saturated carbocycles. The van der Waals surface area contributed by atoms with Crippen molar-refractivity contribution in [1.29, 1.82) is 0 Å². The van der Waals surface area contributed by atoms with Crippen LogP contribution in [0.15, 0.2) is 72.1 Å². The summed E-state index contributed by atoms with van der Waals surface area (Å²) in [7, 11) is 0. The van der Waals surface area contributed by atoms with E-state index in [1.54, 1.807) is 11.3 Å². The molecule has 4 heteroatoms. The summed E-state index contributed by atoms with van der Waals surface area (Å²) in [6, 6.07) is 22.6. The van der Waals surface area contributed by atoms with Gasteiger partial charge in [0.1, 0.15) is 6.04 Å². The van der Waals surface area contributed by atoms with Gasteiger partial charge in [-0.2, -0.15) is 0 Å². The van der Waals surface area contributed by atoms with Crippen LogP contribution in [0.2, 0.25) is 0 Å². The van der Waals surface area contributed by atoms with Gasteiger partial charge < -0.3 is 5.32 Å². The van der Waals surface area contributed by atoms with Crippen molar-refractivity contribution in [2.24, 2.45) is 0 Å². The van der Waals surface area contributed by atoms with Crippen molar-refractivity contribution in [1.82, 2.24) is 10.6 Å². The quantitative estimate of drug-likeness (QED) is 0.624. The number of hydrogen-bond donors (Lipinski definition) is 2. The maximum absolute atomic E-state index is 13.0. The first-order valence-corrected chi connectivity index (χ1v) is 10.3. The molecule has 0 bridgehead atoms. The average Bonchev–Trinajstić information content (AvgIpc) is 3.33. The summed E-state index contributed by atoms with van der Waals surface area (Å²) in [5.74, 6) is 0.0531. The van der Waals surface area contributed by atoms with Gasteiger partial charge in [-0.15, -0.1) is 11.3 Å². The third kappa shape index (κ3) is 4.46. The molecule has 0 aliphatic heterocycles. The topological polar surface area (TPSA) is 41.1 Å². The standard InChI is InChI=1S/C23H24N2OS/c1-16-9-11-18(12-10-16)21(20-8-5-15-27-20)25-22(17-6-3-2-4-7-17)23(26)24-19-13-14-19/h2-12,15,19,21-22,25H,13-14H2,1H3,(H,24,26)/t21-,22-/m0/s1. The molecule has 27 heavy (non-hydrogen) atoms. The molecule has 1 aliphatic rings. The molecule has 1 amide bonds. The van der Waals surface area contributed by atoms with E-state index in [-0.39, 0.29) is 18.0 Å². The van der Waals surface area contributed by atoms with Crippen molar-refractivity contribution >= 4 is 17.2 Å². The van der Waals surface area contributed by atoms with Crippen LogP contribution in [-0.4, -0.2) is 11.9 Å². The molecule has 1 aliphatic carbocycles. The third-order valence-corrected chi connectivity index (χ3v) is 5.83. The number of nitrogens with one attached hydrogen (secondary N) is 2. The normalized spacial score (nSPS) is 15.9. The van der Waals surface area contributed by atoms with E-state index in [4.69, 9.17) is 0 Å². The Hall–Kier alpha value is -2.43. The molecule has 0 unspecified atom stereocenters. The molecule has 3 aromatic rings. The van der Waals surface area contributed by atoms with E-state index in [9.17, 15) is 4.79 Å². The molecule has 1 fully saturated rings. The van der Waals surface area contributed by atoms with Crippen LogP contribution in [0.3, 0.4) is 0 Å². The monoisotopic (exact) mass is 376 g/mol. The Labute approximate surface area is 164 Å². The van der Waals surface area contributed by atoms with Gasteiger partial charge >= 0.3 is 0 Å². The Bertz CT molecular complexity index is 871. The zero-order chi connectivity index (χ0) is 18.6. The predicted octanol–water partition coefficient (Wildman–Crippen LogP) is 4.76. The maximum atomic E-state index is 13.0. The van der Waals surface area contributed by atoms with Gasteiger partial charge in [-0.1, -0.05) is 66.2 Å². The number of thiophene rings is 1. The predicted molar refractivity (Wildman–Crippen MR) is 111 cm³/mol. The van der Waals surface area contributed by atoms with Crippen LogP contribution < -0.4 is 10.6 Å². The largest absolute Gasteiger partial charge is 0.352 e. The number of rotatable bonds is 7. The summed E-state index contributed by atoms with van der Waals surface area (Å²) in [6.45, 7) is 2.09. The van der Waals surface area contributed by atoms with E-state index in [0.29, 0.717) is 6.04 Å². The Morgan fingerprint density at radius 1 is 0.963 bits per heavy atom. The maximum Gasteiger partial charge on any atom is 0.241 e. The molecule has 0 saturated heterocycles. The molecule has 4 rings (SSSR count). The fraction of sp³-hybridized carbons (Fsp3) is 0.261. The van der Waals surface area contributed by atoms with Crippen molar-refractivity contribution in [2.45, 2.75) is 37.9 Å². The number of carbonyl (C=O) groups excluding carboxylic acids is 1. The highest BCUT2D eigenvalue weighted by atomic mass is 32.1. The molecule has 2 aromatic carbocycles. The Kier molecular flexibility index (Phi) is 5.37. The Morgan fingerprint density at radius 2 is 1.70 bits per heavy atom. The SMILES string of the molecule is Cc1ccc([C@H](N[C@H](C(=O)NC2CC2)c2ccccc2)c2cccs2)cc1. The van der Waals surface area contributed by atoms with Gasteiger partial charge in [0, 0.05) is 10.9 Å². The van der Waals surface area contributed by atoms with Crippen molar-refractivity contribution in [3.05, 3.63) is 93.7 Å². The molecule has 1 aromatic heterocycles. The zero-order valence-corrected chi connectivity index (χ0v) is 16.2.